The number of ketones is 2. The summed E-state index contributed by atoms with van der Waals surface area (Å²) < 4.78 is 5.63. The number of phenols is 1. The number of hydrogen-bond donors (Lipinski definition) is 3. The Kier molecular flexibility index (Phi) is 9.56. The number of ether oxygens (including phenoxy) is 1. The molecule has 1 saturated carbocycles. The van der Waals surface area contributed by atoms with Crippen LogP contribution < -0.4 is 4.74 Å². The highest BCUT2D eigenvalue weighted by Gasteiger charge is 2.42. The maximum Gasteiger partial charge on any atom is 0.303 e. The molecule has 3 N–H and O–H groups in total. The van der Waals surface area contributed by atoms with Crippen LogP contribution >= 0.6 is 11.8 Å². The summed E-state index contributed by atoms with van der Waals surface area (Å²) in [7, 11) is 0. The molecule has 36 heavy (non-hydrogen) atoms. The third kappa shape index (κ3) is 6.68. The minimum Gasteiger partial charge on any atom is -0.507 e. The van der Waals surface area contributed by atoms with Crippen molar-refractivity contribution in [3.8, 4) is 11.5 Å². The summed E-state index contributed by atoms with van der Waals surface area (Å²) in [4.78, 5) is 35.7. The van der Waals surface area contributed by atoms with E-state index in [4.69, 9.17) is 9.84 Å². The molecule has 0 spiro atoms. The number of carboxylic acids is 1. The van der Waals surface area contributed by atoms with Crippen LogP contribution in [0.3, 0.4) is 0 Å². The molecule has 0 heterocycles. The van der Waals surface area contributed by atoms with Crippen molar-refractivity contribution in [3.63, 3.8) is 0 Å². The van der Waals surface area contributed by atoms with Gasteiger partial charge in [0.25, 0.3) is 0 Å². The number of rotatable bonds is 12. The first-order valence-electron chi connectivity index (χ1n) is 12.4. The Labute approximate surface area is 215 Å². The van der Waals surface area contributed by atoms with E-state index >= 15 is 0 Å². The number of aliphatic carboxylic acids is 1. The Morgan fingerprint density at radius 1 is 1.08 bits per heavy atom. The van der Waals surface area contributed by atoms with Crippen LogP contribution in [0.5, 0.6) is 11.5 Å². The second-order valence-corrected chi connectivity index (χ2v) is 10.8. The van der Waals surface area contributed by atoms with Gasteiger partial charge in [0.2, 0.25) is 0 Å². The van der Waals surface area contributed by atoms with Gasteiger partial charge in [-0.05, 0) is 50.5 Å². The maximum atomic E-state index is 12.2. The summed E-state index contributed by atoms with van der Waals surface area (Å²) in [5.74, 6) is -0.972. The largest absolute Gasteiger partial charge is 0.507 e. The maximum absolute atomic E-state index is 12.2. The second-order valence-electron chi connectivity index (χ2n) is 9.30. The summed E-state index contributed by atoms with van der Waals surface area (Å²) in [5.41, 5.74) is 1.32. The number of Topliss-reactive ketones (excluding diaryl/α,β-unsaturated/α-hetero) is 2. The highest BCUT2D eigenvalue weighted by atomic mass is 32.2. The summed E-state index contributed by atoms with van der Waals surface area (Å²) in [6.45, 7) is 3.62. The lowest BCUT2D eigenvalue weighted by Gasteiger charge is -2.40. The first-order chi connectivity index (χ1) is 17.2. The monoisotopic (exact) mass is 514 g/mol. The fraction of sp³-hybridized carbons (Fsp3) is 0.464. The van der Waals surface area contributed by atoms with Gasteiger partial charge in [-0.25, -0.2) is 0 Å². The van der Waals surface area contributed by atoms with E-state index in [1.54, 1.807) is 24.3 Å². The van der Waals surface area contributed by atoms with Crippen LogP contribution in [-0.2, 0) is 11.2 Å². The van der Waals surface area contributed by atoms with Crippen molar-refractivity contribution in [2.75, 3.05) is 6.61 Å². The number of aliphatic hydroxyl groups is 1. The van der Waals surface area contributed by atoms with Crippen molar-refractivity contribution in [3.05, 3.63) is 53.1 Å². The van der Waals surface area contributed by atoms with Crippen molar-refractivity contribution in [1.29, 1.82) is 0 Å². The molecule has 1 aliphatic rings. The molecule has 8 heteroatoms. The fourth-order valence-corrected chi connectivity index (χ4v) is 5.91. The molecule has 0 amide bonds. The van der Waals surface area contributed by atoms with Gasteiger partial charge in [-0.2, -0.15) is 0 Å². The predicted octanol–water partition coefficient (Wildman–Crippen LogP) is 5.44. The first-order valence-corrected chi connectivity index (χ1v) is 13.2. The van der Waals surface area contributed by atoms with Gasteiger partial charge in [0.05, 0.1) is 22.8 Å². The summed E-state index contributed by atoms with van der Waals surface area (Å²) in [5, 5.41) is 30.5. The lowest BCUT2D eigenvalue weighted by molar-refractivity contribution is -0.136. The molecule has 0 bridgehead atoms. The number of aromatic hydroxyl groups is 1. The third-order valence-corrected chi connectivity index (χ3v) is 8.10. The van der Waals surface area contributed by atoms with Gasteiger partial charge in [0.1, 0.15) is 18.1 Å². The molecule has 7 nitrogen and oxygen atoms in total. The first kappa shape index (κ1) is 27.7. The fourth-order valence-electron chi connectivity index (χ4n) is 4.55. The molecule has 1 aliphatic carbocycles. The molecular weight excluding hydrogens is 480 g/mol. The van der Waals surface area contributed by atoms with Gasteiger partial charge in [-0.3, -0.25) is 14.4 Å². The van der Waals surface area contributed by atoms with Crippen LogP contribution in [0.15, 0.2) is 41.3 Å². The second kappa shape index (κ2) is 12.4. The van der Waals surface area contributed by atoms with Crippen LogP contribution in [-0.4, -0.2) is 50.3 Å². The van der Waals surface area contributed by atoms with Crippen LogP contribution in [0.25, 0.3) is 0 Å². The van der Waals surface area contributed by atoms with Gasteiger partial charge in [-0.15, -0.1) is 11.8 Å². The van der Waals surface area contributed by atoms with E-state index in [0.717, 1.165) is 30.6 Å². The highest BCUT2D eigenvalue weighted by molar-refractivity contribution is 8.00. The van der Waals surface area contributed by atoms with Gasteiger partial charge >= 0.3 is 5.97 Å². The molecule has 2 atom stereocenters. The molecule has 0 saturated heterocycles. The van der Waals surface area contributed by atoms with Crippen LogP contribution in [0.1, 0.15) is 85.1 Å². The Morgan fingerprint density at radius 2 is 1.81 bits per heavy atom. The summed E-state index contributed by atoms with van der Waals surface area (Å²) in [6.07, 6.45) is 3.72. The van der Waals surface area contributed by atoms with Gasteiger partial charge in [-0.1, -0.05) is 38.3 Å². The predicted molar refractivity (Wildman–Crippen MR) is 138 cm³/mol. The lowest BCUT2D eigenvalue weighted by atomic mass is 9.86. The topological polar surface area (TPSA) is 121 Å². The number of carbonyl (C=O) groups excluding carboxylic acids is 2. The number of phenolic OH excluding ortho intramolecular Hbond substituents is 1. The zero-order valence-corrected chi connectivity index (χ0v) is 21.6. The van der Waals surface area contributed by atoms with E-state index in [1.165, 1.54) is 18.7 Å². The number of hydrogen-bond acceptors (Lipinski definition) is 7. The SMILES string of the molecule is CCCc1c(OCC2(Sc3ccc(C(=O)CCC(=O)O)cc3)CCCCC2O)ccc(C(C)=O)c1O. The smallest absolute Gasteiger partial charge is 0.303 e. The highest BCUT2D eigenvalue weighted by Crippen LogP contribution is 2.45. The number of carboxylic acid groups (broad SMARTS) is 1. The average molecular weight is 515 g/mol. The molecular formula is C28H34O7S. The standard InChI is InChI=1S/C28H34O7S/c1-3-6-22-24(14-12-21(18(2)29)27(22)34)35-17-28(16-5-4-7-25(28)31)36-20-10-8-19(9-11-20)23(30)13-15-26(32)33/h8-12,14,25,31,34H,3-7,13,15-17H2,1-2H3,(H,32,33). The van der Waals surface area contributed by atoms with Crippen molar-refractivity contribution < 1.29 is 34.4 Å². The molecule has 0 aliphatic heterocycles. The number of carbonyl (C=O) groups is 3. The van der Waals surface area contributed by atoms with Crippen LogP contribution in [0.2, 0.25) is 0 Å². The van der Waals surface area contributed by atoms with E-state index in [2.05, 4.69) is 0 Å². The minimum atomic E-state index is -1.00. The van der Waals surface area contributed by atoms with Crippen molar-refractivity contribution in [1.82, 2.24) is 0 Å². The molecule has 2 unspecified atom stereocenters. The lowest BCUT2D eigenvalue weighted by Crippen LogP contribution is -2.46. The van der Waals surface area contributed by atoms with Crippen LogP contribution in [0.4, 0.5) is 0 Å². The quantitative estimate of drug-likeness (QED) is 0.320. The molecule has 2 aromatic carbocycles. The number of thioether (sulfide) groups is 1. The zero-order chi connectivity index (χ0) is 26.3. The van der Waals surface area contributed by atoms with Gasteiger partial charge in [0, 0.05) is 22.4 Å². The zero-order valence-electron chi connectivity index (χ0n) is 20.8. The summed E-state index contributed by atoms with van der Waals surface area (Å²) >= 11 is 1.51. The molecule has 194 valence electrons. The molecule has 1 fully saturated rings. The van der Waals surface area contributed by atoms with E-state index in [0.29, 0.717) is 29.7 Å². The number of benzene rings is 2. The third-order valence-electron chi connectivity index (χ3n) is 6.59. The van der Waals surface area contributed by atoms with Crippen molar-refractivity contribution in [2.45, 2.75) is 81.0 Å². The molecule has 3 rings (SSSR count). The normalized spacial score (nSPS) is 19.6. The Bertz CT molecular complexity index is 1100. The van der Waals surface area contributed by atoms with E-state index in [1.807, 2.05) is 19.1 Å². The van der Waals surface area contributed by atoms with Crippen LogP contribution in [0, 0.1) is 0 Å². The van der Waals surface area contributed by atoms with Crippen molar-refractivity contribution >= 4 is 29.3 Å². The van der Waals surface area contributed by atoms with Gasteiger partial charge in [0.15, 0.2) is 11.6 Å². The van der Waals surface area contributed by atoms with Gasteiger partial charge < -0.3 is 20.1 Å². The minimum absolute atomic E-state index is 0.0455. The molecule has 0 radical (unpaired) electrons. The molecule has 2 aromatic rings. The van der Waals surface area contributed by atoms with E-state index in [9.17, 15) is 24.6 Å². The Morgan fingerprint density at radius 3 is 2.42 bits per heavy atom. The summed E-state index contributed by atoms with van der Waals surface area (Å²) in [6, 6.07) is 10.3. The van der Waals surface area contributed by atoms with E-state index in [-0.39, 0.29) is 42.3 Å². The number of aliphatic hydroxyl groups excluding tert-OH is 1. The molecule has 0 aromatic heterocycles. The Hall–Kier alpha value is -2.84. The van der Waals surface area contributed by atoms with Crippen molar-refractivity contribution in [2.24, 2.45) is 0 Å². The van der Waals surface area contributed by atoms with E-state index < -0.39 is 16.8 Å². The Balaban J connectivity index is 1.81. The average Bonchev–Trinajstić information content (AvgIpc) is 2.85.